The van der Waals surface area contributed by atoms with Crippen molar-refractivity contribution >= 4 is 5.78 Å². The van der Waals surface area contributed by atoms with E-state index in [-0.39, 0.29) is 11.7 Å². The highest BCUT2D eigenvalue weighted by Crippen LogP contribution is 2.11. The van der Waals surface area contributed by atoms with Crippen molar-refractivity contribution in [2.75, 3.05) is 0 Å². The number of aromatic nitrogens is 1. The van der Waals surface area contributed by atoms with Crippen LogP contribution in [0.3, 0.4) is 0 Å². The van der Waals surface area contributed by atoms with E-state index in [9.17, 15) is 4.79 Å². The van der Waals surface area contributed by atoms with Crippen LogP contribution in [0.4, 0.5) is 0 Å². The van der Waals surface area contributed by atoms with Gasteiger partial charge in [0, 0.05) is 30.4 Å². The molecule has 0 fully saturated rings. The van der Waals surface area contributed by atoms with E-state index in [0.29, 0.717) is 0 Å². The van der Waals surface area contributed by atoms with Gasteiger partial charge in [0.15, 0.2) is 5.78 Å². The van der Waals surface area contributed by atoms with E-state index in [2.05, 4.69) is 11.5 Å². The third-order valence-corrected chi connectivity index (χ3v) is 3.33. The number of aryl methyl sites for hydroxylation is 1. The van der Waals surface area contributed by atoms with Gasteiger partial charge in [-0.25, -0.2) is 0 Å². The van der Waals surface area contributed by atoms with E-state index in [0.717, 1.165) is 12.1 Å². The third-order valence-electron chi connectivity index (χ3n) is 3.33. The number of unbranched alkanes of at least 4 members (excludes halogenated alkanes) is 5. The number of hydrogen-bond acceptors (Lipinski definition) is 1. The lowest BCUT2D eigenvalue weighted by Crippen LogP contribution is -2.06. The summed E-state index contributed by atoms with van der Waals surface area (Å²) in [5.74, 6) is 0.339. The summed E-state index contributed by atoms with van der Waals surface area (Å²) in [4.78, 5) is 11.8. The molecule has 102 valence electrons. The van der Waals surface area contributed by atoms with Gasteiger partial charge >= 0.3 is 0 Å². The highest BCUT2D eigenvalue weighted by molar-refractivity contribution is 5.97. The second-order valence-corrected chi connectivity index (χ2v) is 5.42. The molecular weight excluding hydrogens is 222 g/mol. The largest absolute Gasteiger partial charge is 0.354 e. The van der Waals surface area contributed by atoms with Gasteiger partial charge in [0.25, 0.3) is 0 Å². The lowest BCUT2D eigenvalue weighted by Gasteiger charge is -2.03. The van der Waals surface area contributed by atoms with Crippen molar-refractivity contribution in [3.8, 4) is 0 Å². The van der Waals surface area contributed by atoms with Gasteiger partial charge < -0.3 is 4.57 Å². The third kappa shape index (κ3) is 5.07. The number of nitrogens with zero attached hydrogens (tertiary/aromatic N) is 1. The SMILES string of the molecule is CCCCCCCCn1ccc(C(=O)C(C)C)c1. The number of carbonyl (C=O) groups is 1. The monoisotopic (exact) mass is 249 g/mol. The molecule has 1 aromatic heterocycles. The van der Waals surface area contributed by atoms with Crippen LogP contribution in [0.25, 0.3) is 0 Å². The minimum atomic E-state index is 0.0925. The molecule has 1 rings (SSSR count). The van der Waals surface area contributed by atoms with Crippen LogP contribution < -0.4 is 0 Å². The summed E-state index contributed by atoms with van der Waals surface area (Å²) >= 11 is 0. The van der Waals surface area contributed by atoms with Crippen LogP contribution in [0.2, 0.25) is 0 Å². The molecule has 1 heterocycles. The van der Waals surface area contributed by atoms with Gasteiger partial charge in [-0.2, -0.15) is 0 Å². The maximum absolute atomic E-state index is 11.8. The molecule has 0 amide bonds. The minimum absolute atomic E-state index is 0.0925. The number of hydrogen-bond donors (Lipinski definition) is 0. The molecule has 0 spiro atoms. The van der Waals surface area contributed by atoms with Gasteiger partial charge in [-0.3, -0.25) is 4.79 Å². The molecule has 0 atom stereocenters. The molecular formula is C16H27NO. The molecule has 0 bridgehead atoms. The predicted octanol–water partition coefficient (Wildman–Crippen LogP) is 4.69. The van der Waals surface area contributed by atoms with Crippen molar-refractivity contribution in [2.45, 2.75) is 65.8 Å². The van der Waals surface area contributed by atoms with Gasteiger partial charge in [-0.05, 0) is 12.5 Å². The van der Waals surface area contributed by atoms with Crippen LogP contribution >= 0.6 is 0 Å². The fourth-order valence-corrected chi connectivity index (χ4v) is 2.13. The van der Waals surface area contributed by atoms with Gasteiger partial charge in [0.2, 0.25) is 0 Å². The Bertz CT molecular complexity index is 352. The zero-order valence-electron chi connectivity index (χ0n) is 12.1. The Kier molecular flexibility index (Phi) is 6.77. The van der Waals surface area contributed by atoms with E-state index in [1.165, 1.54) is 38.5 Å². The Balaban J connectivity index is 2.25. The molecule has 0 unspecified atom stereocenters. The standard InChI is InChI=1S/C16H27NO/c1-4-5-6-7-8-9-11-17-12-10-15(13-17)16(18)14(2)3/h10,12-14H,4-9,11H2,1-3H3. The van der Waals surface area contributed by atoms with Crippen molar-refractivity contribution in [2.24, 2.45) is 5.92 Å². The zero-order valence-corrected chi connectivity index (χ0v) is 12.1. The Morgan fingerprint density at radius 1 is 1.17 bits per heavy atom. The topological polar surface area (TPSA) is 22.0 Å². The summed E-state index contributed by atoms with van der Waals surface area (Å²) < 4.78 is 2.15. The molecule has 18 heavy (non-hydrogen) atoms. The maximum atomic E-state index is 11.8. The molecule has 0 saturated carbocycles. The highest BCUT2D eigenvalue weighted by atomic mass is 16.1. The molecule has 2 nitrogen and oxygen atoms in total. The fraction of sp³-hybridized carbons (Fsp3) is 0.688. The van der Waals surface area contributed by atoms with Crippen LogP contribution in [-0.2, 0) is 6.54 Å². The molecule has 0 saturated heterocycles. The number of carbonyl (C=O) groups excluding carboxylic acids is 1. The molecule has 0 aliphatic carbocycles. The lowest BCUT2D eigenvalue weighted by atomic mass is 10.0. The molecule has 0 aromatic carbocycles. The van der Waals surface area contributed by atoms with Crippen LogP contribution in [-0.4, -0.2) is 10.4 Å². The summed E-state index contributed by atoms with van der Waals surface area (Å²) in [6.45, 7) is 7.19. The van der Waals surface area contributed by atoms with Crippen LogP contribution in [0.1, 0.15) is 69.7 Å². The summed E-state index contributed by atoms with van der Waals surface area (Å²) in [7, 11) is 0. The molecule has 0 N–H and O–H groups in total. The molecule has 0 radical (unpaired) electrons. The first-order valence-corrected chi connectivity index (χ1v) is 7.35. The average Bonchev–Trinajstić information content (AvgIpc) is 2.81. The van der Waals surface area contributed by atoms with E-state index in [1.807, 2.05) is 32.3 Å². The first-order chi connectivity index (χ1) is 8.65. The Morgan fingerprint density at radius 3 is 2.50 bits per heavy atom. The molecule has 2 heteroatoms. The summed E-state index contributed by atoms with van der Waals surface area (Å²) in [6.07, 6.45) is 11.9. The van der Waals surface area contributed by atoms with E-state index in [4.69, 9.17) is 0 Å². The predicted molar refractivity (Wildman–Crippen MR) is 77.0 cm³/mol. The quantitative estimate of drug-likeness (QED) is 0.460. The number of ketones is 1. The zero-order chi connectivity index (χ0) is 13.4. The van der Waals surface area contributed by atoms with Gasteiger partial charge in [0.1, 0.15) is 0 Å². The van der Waals surface area contributed by atoms with Crippen LogP contribution in [0.15, 0.2) is 18.5 Å². The van der Waals surface area contributed by atoms with E-state index >= 15 is 0 Å². The average molecular weight is 249 g/mol. The summed E-state index contributed by atoms with van der Waals surface area (Å²) in [5.41, 5.74) is 0.857. The second-order valence-electron chi connectivity index (χ2n) is 5.42. The highest BCUT2D eigenvalue weighted by Gasteiger charge is 2.11. The van der Waals surface area contributed by atoms with Gasteiger partial charge in [0.05, 0.1) is 0 Å². The smallest absolute Gasteiger partial charge is 0.166 e. The Labute approximate surface area is 111 Å². The molecule has 1 aromatic rings. The fourth-order valence-electron chi connectivity index (χ4n) is 2.13. The van der Waals surface area contributed by atoms with Crippen molar-refractivity contribution in [3.05, 3.63) is 24.0 Å². The lowest BCUT2D eigenvalue weighted by molar-refractivity contribution is 0.0939. The number of Topliss-reactive ketones (excluding diaryl/α,β-unsaturated/α-hetero) is 1. The van der Waals surface area contributed by atoms with Crippen molar-refractivity contribution in [1.29, 1.82) is 0 Å². The Morgan fingerprint density at radius 2 is 1.83 bits per heavy atom. The minimum Gasteiger partial charge on any atom is -0.354 e. The van der Waals surface area contributed by atoms with Crippen LogP contribution in [0.5, 0.6) is 0 Å². The van der Waals surface area contributed by atoms with Gasteiger partial charge in [-0.1, -0.05) is 52.9 Å². The molecule has 0 aliphatic heterocycles. The van der Waals surface area contributed by atoms with Gasteiger partial charge in [-0.15, -0.1) is 0 Å². The summed E-state index contributed by atoms with van der Waals surface area (Å²) in [5, 5.41) is 0. The second kappa shape index (κ2) is 8.12. The maximum Gasteiger partial charge on any atom is 0.166 e. The Hall–Kier alpha value is -1.05. The molecule has 0 aliphatic rings. The van der Waals surface area contributed by atoms with Crippen molar-refractivity contribution in [1.82, 2.24) is 4.57 Å². The van der Waals surface area contributed by atoms with E-state index in [1.54, 1.807) is 0 Å². The van der Waals surface area contributed by atoms with Crippen molar-refractivity contribution < 1.29 is 4.79 Å². The first-order valence-electron chi connectivity index (χ1n) is 7.35. The normalized spacial score (nSPS) is 11.1. The number of rotatable bonds is 9. The van der Waals surface area contributed by atoms with E-state index < -0.39 is 0 Å². The van der Waals surface area contributed by atoms with Crippen molar-refractivity contribution in [3.63, 3.8) is 0 Å². The first kappa shape index (κ1) is 15.0. The van der Waals surface area contributed by atoms with Crippen LogP contribution in [0, 0.1) is 5.92 Å². The summed E-state index contributed by atoms with van der Waals surface area (Å²) in [6, 6.07) is 1.94.